The first-order valence-corrected chi connectivity index (χ1v) is 9.13. The van der Waals surface area contributed by atoms with Gasteiger partial charge in [-0.15, -0.1) is 0 Å². The minimum Gasteiger partial charge on any atom is -0.483 e. The van der Waals surface area contributed by atoms with Gasteiger partial charge in [-0.2, -0.15) is 0 Å². The van der Waals surface area contributed by atoms with Gasteiger partial charge in [0, 0.05) is 6.54 Å². The van der Waals surface area contributed by atoms with Gasteiger partial charge in [-0.05, 0) is 50.5 Å². The summed E-state index contributed by atoms with van der Waals surface area (Å²) in [6.07, 6.45) is 0. The summed E-state index contributed by atoms with van der Waals surface area (Å²) in [7, 11) is 0. The summed E-state index contributed by atoms with van der Waals surface area (Å²) in [4.78, 5) is 26.6. The molecule has 0 fully saturated rings. The SMILES string of the molecule is CCOC(=O)C(C)N(Cc1ccccc1)C(=O)COc1cccc(C)c1C. The van der Waals surface area contributed by atoms with Gasteiger partial charge in [-0.3, -0.25) is 4.79 Å². The molecule has 0 bridgehead atoms. The number of amides is 1. The van der Waals surface area contributed by atoms with Crippen molar-refractivity contribution in [2.75, 3.05) is 13.2 Å². The normalized spacial score (nSPS) is 11.6. The number of hydrogen-bond donors (Lipinski definition) is 0. The Morgan fingerprint density at radius 2 is 1.74 bits per heavy atom. The fraction of sp³-hybridized carbons (Fsp3) is 0.364. The van der Waals surface area contributed by atoms with Crippen LogP contribution in [0.15, 0.2) is 48.5 Å². The first-order valence-electron chi connectivity index (χ1n) is 9.13. The number of benzene rings is 2. The summed E-state index contributed by atoms with van der Waals surface area (Å²) in [5.41, 5.74) is 3.04. The van der Waals surface area contributed by atoms with Crippen molar-refractivity contribution in [2.24, 2.45) is 0 Å². The Kier molecular flexibility index (Phi) is 7.41. The second-order valence-electron chi connectivity index (χ2n) is 6.42. The molecule has 5 heteroatoms. The molecule has 5 nitrogen and oxygen atoms in total. The van der Waals surface area contributed by atoms with Gasteiger partial charge in [0.25, 0.3) is 5.91 Å². The van der Waals surface area contributed by atoms with Crippen LogP contribution in [0.1, 0.15) is 30.5 Å². The minimum absolute atomic E-state index is 0.138. The molecule has 0 heterocycles. The summed E-state index contributed by atoms with van der Waals surface area (Å²) >= 11 is 0. The van der Waals surface area contributed by atoms with Crippen molar-refractivity contribution < 1.29 is 19.1 Å². The molecule has 2 aromatic rings. The molecule has 0 aromatic heterocycles. The Hall–Kier alpha value is -2.82. The lowest BCUT2D eigenvalue weighted by molar-refractivity contribution is -0.155. The van der Waals surface area contributed by atoms with E-state index in [0.717, 1.165) is 16.7 Å². The van der Waals surface area contributed by atoms with E-state index in [1.54, 1.807) is 13.8 Å². The van der Waals surface area contributed by atoms with E-state index in [0.29, 0.717) is 12.3 Å². The Balaban J connectivity index is 2.14. The highest BCUT2D eigenvalue weighted by atomic mass is 16.5. The molecule has 144 valence electrons. The lowest BCUT2D eigenvalue weighted by atomic mass is 10.1. The Morgan fingerprint density at radius 3 is 2.41 bits per heavy atom. The van der Waals surface area contributed by atoms with E-state index in [2.05, 4.69) is 0 Å². The number of carbonyl (C=O) groups is 2. The van der Waals surface area contributed by atoms with E-state index in [9.17, 15) is 9.59 Å². The fourth-order valence-corrected chi connectivity index (χ4v) is 2.71. The summed E-state index contributed by atoms with van der Waals surface area (Å²) in [6.45, 7) is 7.83. The van der Waals surface area contributed by atoms with Crippen LogP contribution in [-0.4, -0.2) is 36.0 Å². The van der Waals surface area contributed by atoms with Gasteiger partial charge < -0.3 is 14.4 Å². The standard InChI is InChI=1S/C22H27NO4/c1-5-26-22(25)18(4)23(14-19-11-7-6-8-12-19)21(24)15-27-20-13-9-10-16(2)17(20)3/h6-13,18H,5,14-15H2,1-4H3. The van der Waals surface area contributed by atoms with Crippen molar-refractivity contribution >= 4 is 11.9 Å². The Morgan fingerprint density at radius 1 is 1.04 bits per heavy atom. The zero-order valence-electron chi connectivity index (χ0n) is 16.4. The molecule has 0 saturated heterocycles. The number of nitrogens with zero attached hydrogens (tertiary/aromatic N) is 1. The molecule has 2 aromatic carbocycles. The molecule has 0 spiro atoms. The monoisotopic (exact) mass is 369 g/mol. The highest BCUT2D eigenvalue weighted by molar-refractivity contribution is 5.85. The van der Waals surface area contributed by atoms with Crippen LogP contribution in [0, 0.1) is 13.8 Å². The molecule has 1 amide bonds. The van der Waals surface area contributed by atoms with E-state index in [4.69, 9.17) is 9.47 Å². The third kappa shape index (κ3) is 5.58. The van der Waals surface area contributed by atoms with Crippen molar-refractivity contribution in [3.8, 4) is 5.75 Å². The number of esters is 1. The van der Waals surface area contributed by atoms with Crippen LogP contribution in [0.4, 0.5) is 0 Å². The molecule has 1 atom stereocenters. The van der Waals surface area contributed by atoms with Crippen molar-refractivity contribution in [1.82, 2.24) is 4.90 Å². The highest BCUT2D eigenvalue weighted by Gasteiger charge is 2.27. The van der Waals surface area contributed by atoms with Crippen molar-refractivity contribution in [2.45, 2.75) is 40.3 Å². The molecular weight excluding hydrogens is 342 g/mol. The van der Waals surface area contributed by atoms with Crippen LogP contribution in [0.25, 0.3) is 0 Å². The van der Waals surface area contributed by atoms with Gasteiger partial charge >= 0.3 is 5.97 Å². The molecule has 0 radical (unpaired) electrons. The molecular formula is C22H27NO4. The van der Waals surface area contributed by atoms with Gasteiger partial charge in [-0.25, -0.2) is 4.79 Å². The Labute approximate surface area is 160 Å². The zero-order chi connectivity index (χ0) is 19.8. The van der Waals surface area contributed by atoms with E-state index < -0.39 is 12.0 Å². The number of ether oxygens (including phenoxy) is 2. The van der Waals surface area contributed by atoms with Gasteiger partial charge in [-0.1, -0.05) is 42.5 Å². The number of rotatable bonds is 8. The van der Waals surface area contributed by atoms with Crippen molar-refractivity contribution in [3.63, 3.8) is 0 Å². The lowest BCUT2D eigenvalue weighted by Gasteiger charge is -2.28. The van der Waals surface area contributed by atoms with E-state index in [-0.39, 0.29) is 19.1 Å². The zero-order valence-corrected chi connectivity index (χ0v) is 16.4. The smallest absolute Gasteiger partial charge is 0.328 e. The number of aryl methyl sites for hydroxylation is 1. The quantitative estimate of drug-likeness (QED) is 0.667. The van der Waals surface area contributed by atoms with Gasteiger partial charge in [0.05, 0.1) is 6.61 Å². The maximum Gasteiger partial charge on any atom is 0.328 e. The van der Waals surface area contributed by atoms with Gasteiger partial charge in [0.15, 0.2) is 6.61 Å². The van der Waals surface area contributed by atoms with E-state index in [1.165, 1.54) is 4.90 Å². The molecule has 0 aliphatic rings. The van der Waals surface area contributed by atoms with Crippen LogP contribution in [0.2, 0.25) is 0 Å². The topological polar surface area (TPSA) is 55.8 Å². The summed E-state index contributed by atoms with van der Waals surface area (Å²) in [5, 5.41) is 0. The third-order valence-electron chi connectivity index (χ3n) is 4.52. The molecule has 0 aliphatic heterocycles. The minimum atomic E-state index is -0.695. The van der Waals surface area contributed by atoms with Crippen molar-refractivity contribution in [3.05, 3.63) is 65.2 Å². The number of carbonyl (C=O) groups excluding carboxylic acids is 2. The van der Waals surface area contributed by atoms with Crippen LogP contribution >= 0.6 is 0 Å². The molecule has 27 heavy (non-hydrogen) atoms. The molecule has 0 N–H and O–H groups in total. The van der Waals surface area contributed by atoms with E-state index in [1.807, 2.05) is 62.4 Å². The highest BCUT2D eigenvalue weighted by Crippen LogP contribution is 2.21. The predicted octanol–water partition coefficient (Wildman–Crippen LogP) is 3.66. The van der Waals surface area contributed by atoms with Crippen LogP contribution < -0.4 is 4.74 Å². The molecule has 1 unspecified atom stereocenters. The summed E-state index contributed by atoms with van der Waals surface area (Å²) in [5.74, 6) is -0.0133. The largest absolute Gasteiger partial charge is 0.483 e. The van der Waals surface area contributed by atoms with Crippen LogP contribution in [0.5, 0.6) is 5.75 Å². The second kappa shape index (κ2) is 9.76. The number of hydrogen-bond acceptors (Lipinski definition) is 4. The average molecular weight is 369 g/mol. The van der Waals surface area contributed by atoms with Crippen molar-refractivity contribution in [1.29, 1.82) is 0 Å². The molecule has 2 rings (SSSR count). The van der Waals surface area contributed by atoms with Crippen LogP contribution in [0.3, 0.4) is 0 Å². The summed E-state index contributed by atoms with van der Waals surface area (Å²) in [6, 6.07) is 14.6. The lowest BCUT2D eigenvalue weighted by Crippen LogP contribution is -2.45. The first-order chi connectivity index (χ1) is 12.9. The summed E-state index contributed by atoms with van der Waals surface area (Å²) < 4.78 is 10.8. The molecule has 0 aliphatic carbocycles. The predicted molar refractivity (Wildman–Crippen MR) is 104 cm³/mol. The second-order valence-corrected chi connectivity index (χ2v) is 6.42. The van der Waals surface area contributed by atoms with Crippen LogP contribution in [-0.2, 0) is 20.9 Å². The average Bonchev–Trinajstić information content (AvgIpc) is 2.67. The van der Waals surface area contributed by atoms with Gasteiger partial charge in [0.2, 0.25) is 0 Å². The fourth-order valence-electron chi connectivity index (χ4n) is 2.71. The maximum absolute atomic E-state index is 12.9. The van der Waals surface area contributed by atoms with E-state index >= 15 is 0 Å². The third-order valence-corrected chi connectivity index (χ3v) is 4.52. The maximum atomic E-state index is 12.9. The molecule has 0 saturated carbocycles. The Bertz CT molecular complexity index is 773. The van der Waals surface area contributed by atoms with Gasteiger partial charge in [0.1, 0.15) is 11.8 Å². The first kappa shape index (κ1) is 20.5.